The Kier molecular flexibility index (Phi) is 3.91. The molecule has 1 heterocycles. The molecule has 1 saturated heterocycles. The maximum Gasteiger partial charge on any atom is 0.0247 e. The Hall–Kier alpha value is -0.0800. The highest BCUT2D eigenvalue weighted by molar-refractivity contribution is 5.00. The van der Waals surface area contributed by atoms with E-state index in [1.54, 1.807) is 0 Å². The van der Waals surface area contributed by atoms with Crippen molar-refractivity contribution in [1.82, 2.24) is 4.90 Å². The molecule has 2 atom stereocenters. The first-order valence-electron chi connectivity index (χ1n) is 7.20. The molecule has 2 fully saturated rings. The van der Waals surface area contributed by atoms with Gasteiger partial charge in [-0.05, 0) is 31.1 Å². The van der Waals surface area contributed by atoms with E-state index < -0.39 is 0 Å². The molecule has 2 rings (SSSR count). The summed E-state index contributed by atoms with van der Waals surface area (Å²) in [6.45, 7) is 7.29. The van der Waals surface area contributed by atoms with E-state index in [1.807, 2.05) is 0 Å². The third-order valence-electron chi connectivity index (χ3n) is 4.64. The maximum atomic E-state index is 6.18. The van der Waals surface area contributed by atoms with Crippen LogP contribution in [0.1, 0.15) is 58.8 Å². The van der Waals surface area contributed by atoms with Gasteiger partial charge in [0.15, 0.2) is 0 Å². The Morgan fingerprint density at radius 1 is 1.12 bits per heavy atom. The summed E-state index contributed by atoms with van der Waals surface area (Å²) < 4.78 is 0. The van der Waals surface area contributed by atoms with Crippen LogP contribution in [0.2, 0.25) is 0 Å². The van der Waals surface area contributed by atoms with E-state index in [2.05, 4.69) is 18.7 Å². The van der Waals surface area contributed by atoms with Crippen LogP contribution in [0.4, 0.5) is 0 Å². The smallest absolute Gasteiger partial charge is 0.0247 e. The number of likely N-dealkylation sites (tertiary alicyclic amines) is 1. The number of hydrogen-bond donors (Lipinski definition) is 1. The van der Waals surface area contributed by atoms with E-state index in [9.17, 15) is 0 Å². The van der Waals surface area contributed by atoms with Gasteiger partial charge in [0.05, 0.1) is 0 Å². The second-order valence-electron chi connectivity index (χ2n) is 6.07. The zero-order chi connectivity index (χ0) is 11.6. The monoisotopic (exact) mass is 224 g/mol. The van der Waals surface area contributed by atoms with Crippen molar-refractivity contribution in [1.29, 1.82) is 0 Å². The van der Waals surface area contributed by atoms with E-state index in [0.717, 1.165) is 0 Å². The Morgan fingerprint density at radius 2 is 1.75 bits per heavy atom. The number of nitrogens with two attached hydrogens (primary N) is 1. The normalized spacial score (nSPS) is 33.9. The first-order chi connectivity index (χ1) is 7.71. The topological polar surface area (TPSA) is 29.3 Å². The summed E-state index contributed by atoms with van der Waals surface area (Å²) in [6.07, 6.45) is 9.44. The predicted molar refractivity (Wildman–Crippen MR) is 69.4 cm³/mol. The summed E-state index contributed by atoms with van der Waals surface area (Å²) in [5.74, 6) is 0. The summed E-state index contributed by atoms with van der Waals surface area (Å²) in [5.41, 5.74) is 6.84. The van der Waals surface area contributed by atoms with E-state index in [4.69, 9.17) is 5.73 Å². The van der Waals surface area contributed by atoms with Crippen LogP contribution in [-0.2, 0) is 0 Å². The Bertz CT molecular complexity index is 213. The lowest BCUT2D eigenvalue weighted by molar-refractivity contribution is -0.0456. The highest BCUT2D eigenvalue weighted by Gasteiger charge is 2.45. The molecule has 2 unspecified atom stereocenters. The fourth-order valence-electron chi connectivity index (χ4n) is 3.97. The van der Waals surface area contributed by atoms with Gasteiger partial charge in [-0.1, -0.05) is 33.1 Å². The van der Waals surface area contributed by atoms with Gasteiger partial charge in [0.25, 0.3) is 0 Å². The Morgan fingerprint density at radius 3 is 2.19 bits per heavy atom. The molecular weight excluding hydrogens is 196 g/mol. The molecule has 0 bridgehead atoms. The molecule has 0 spiro atoms. The van der Waals surface area contributed by atoms with Gasteiger partial charge in [-0.3, -0.25) is 4.90 Å². The van der Waals surface area contributed by atoms with E-state index in [1.165, 1.54) is 58.0 Å². The van der Waals surface area contributed by atoms with Crippen LogP contribution in [-0.4, -0.2) is 30.1 Å². The lowest BCUT2D eigenvalue weighted by atomic mass is 9.72. The fraction of sp³-hybridized carbons (Fsp3) is 1.00. The van der Waals surface area contributed by atoms with Gasteiger partial charge in [-0.2, -0.15) is 0 Å². The second-order valence-corrected chi connectivity index (χ2v) is 6.07. The van der Waals surface area contributed by atoms with Gasteiger partial charge in [-0.15, -0.1) is 0 Å². The summed E-state index contributed by atoms with van der Waals surface area (Å²) >= 11 is 0. The Labute approximate surface area is 101 Å². The second kappa shape index (κ2) is 5.05. The molecule has 2 N–H and O–H groups in total. The molecule has 1 aliphatic heterocycles. The van der Waals surface area contributed by atoms with E-state index >= 15 is 0 Å². The van der Waals surface area contributed by atoms with E-state index in [0.29, 0.717) is 17.5 Å². The predicted octanol–water partition coefficient (Wildman–Crippen LogP) is 2.77. The molecule has 0 aromatic carbocycles. The number of nitrogens with zero attached hydrogens (tertiary/aromatic N) is 1. The zero-order valence-corrected chi connectivity index (χ0v) is 11.0. The highest BCUT2D eigenvalue weighted by Crippen LogP contribution is 2.42. The zero-order valence-electron chi connectivity index (χ0n) is 11.0. The van der Waals surface area contributed by atoms with Gasteiger partial charge >= 0.3 is 0 Å². The van der Waals surface area contributed by atoms with Crippen molar-refractivity contribution in [3.63, 3.8) is 0 Å². The minimum Gasteiger partial charge on any atom is -0.326 e. The van der Waals surface area contributed by atoms with Crippen molar-refractivity contribution in [3.8, 4) is 0 Å². The first kappa shape index (κ1) is 12.4. The SMILES string of the molecule is CCCC1(CCC)CN(C2CCCC2N)C1. The molecule has 94 valence electrons. The van der Waals surface area contributed by atoms with Gasteiger partial charge in [-0.25, -0.2) is 0 Å². The van der Waals surface area contributed by atoms with Crippen molar-refractivity contribution >= 4 is 0 Å². The van der Waals surface area contributed by atoms with Crippen LogP contribution >= 0.6 is 0 Å². The van der Waals surface area contributed by atoms with Gasteiger partial charge in [0, 0.05) is 25.2 Å². The lowest BCUT2D eigenvalue weighted by Gasteiger charge is -2.54. The molecule has 2 heteroatoms. The summed E-state index contributed by atoms with van der Waals surface area (Å²) in [4.78, 5) is 2.67. The van der Waals surface area contributed by atoms with Crippen LogP contribution in [0, 0.1) is 5.41 Å². The van der Waals surface area contributed by atoms with Gasteiger partial charge < -0.3 is 5.73 Å². The first-order valence-corrected chi connectivity index (χ1v) is 7.20. The van der Waals surface area contributed by atoms with Crippen LogP contribution in [0.5, 0.6) is 0 Å². The molecule has 1 aliphatic carbocycles. The van der Waals surface area contributed by atoms with E-state index in [-0.39, 0.29) is 0 Å². The van der Waals surface area contributed by atoms with Gasteiger partial charge in [0.1, 0.15) is 0 Å². The molecule has 0 aromatic rings. The van der Waals surface area contributed by atoms with Crippen molar-refractivity contribution in [3.05, 3.63) is 0 Å². The standard InChI is InChI=1S/C14H28N2/c1-3-8-14(9-4-2)10-16(11-14)13-7-5-6-12(13)15/h12-13H,3-11,15H2,1-2H3. The van der Waals surface area contributed by atoms with Crippen LogP contribution in [0.25, 0.3) is 0 Å². The third kappa shape index (κ3) is 2.28. The summed E-state index contributed by atoms with van der Waals surface area (Å²) in [7, 11) is 0. The van der Waals surface area contributed by atoms with Crippen molar-refractivity contribution in [2.24, 2.45) is 11.1 Å². The molecular formula is C14H28N2. The maximum absolute atomic E-state index is 6.18. The molecule has 0 amide bonds. The fourth-order valence-corrected chi connectivity index (χ4v) is 3.97. The van der Waals surface area contributed by atoms with Crippen molar-refractivity contribution < 1.29 is 0 Å². The highest BCUT2D eigenvalue weighted by atomic mass is 15.2. The molecule has 2 nitrogen and oxygen atoms in total. The minimum atomic E-state index is 0.459. The molecule has 0 aromatic heterocycles. The minimum absolute atomic E-state index is 0.459. The molecule has 0 radical (unpaired) electrons. The molecule has 1 saturated carbocycles. The Balaban J connectivity index is 1.85. The summed E-state index contributed by atoms with van der Waals surface area (Å²) in [5, 5.41) is 0. The van der Waals surface area contributed by atoms with Gasteiger partial charge in [0.2, 0.25) is 0 Å². The molecule has 2 aliphatic rings. The van der Waals surface area contributed by atoms with Crippen LogP contribution in [0.15, 0.2) is 0 Å². The van der Waals surface area contributed by atoms with Crippen LogP contribution in [0.3, 0.4) is 0 Å². The quantitative estimate of drug-likeness (QED) is 0.778. The van der Waals surface area contributed by atoms with Crippen molar-refractivity contribution in [2.45, 2.75) is 70.9 Å². The molecule has 16 heavy (non-hydrogen) atoms. The average molecular weight is 224 g/mol. The van der Waals surface area contributed by atoms with Crippen molar-refractivity contribution in [2.75, 3.05) is 13.1 Å². The van der Waals surface area contributed by atoms with Crippen LogP contribution < -0.4 is 5.73 Å². The lowest BCUT2D eigenvalue weighted by Crippen LogP contribution is -2.62. The largest absolute Gasteiger partial charge is 0.326 e. The number of rotatable bonds is 5. The summed E-state index contributed by atoms with van der Waals surface area (Å²) in [6, 6.07) is 1.17. The average Bonchev–Trinajstić information content (AvgIpc) is 2.60. The third-order valence-corrected chi connectivity index (χ3v) is 4.64. The number of hydrogen-bond acceptors (Lipinski definition) is 2.